The minimum absolute atomic E-state index is 0.239. The largest absolute Gasteiger partial charge is 0.487 e. The third-order valence-corrected chi connectivity index (χ3v) is 9.02. The van der Waals surface area contributed by atoms with Crippen LogP contribution in [0.25, 0.3) is 16.8 Å². The van der Waals surface area contributed by atoms with E-state index < -0.39 is 9.84 Å². The molecule has 204 valence electrons. The molecule has 1 aromatic heterocycles. The molecule has 0 N–H and O–H groups in total. The van der Waals surface area contributed by atoms with Gasteiger partial charge in [0.15, 0.2) is 20.1 Å². The third kappa shape index (κ3) is 7.32. The molecule has 3 aromatic rings. The number of halogens is 1. The Labute approximate surface area is 240 Å². The minimum atomic E-state index is -3.24. The van der Waals surface area contributed by atoms with Gasteiger partial charge in [-0.25, -0.2) is 13.4 Å². The number of rotatable bonds is 10. The number of nitrogens with zero attached hydrogens (tertiary/aromatic N) is 3. The lowest BCUT2D eigenvalue weighted by Crippen LogP contribution is -2.09. The average molecular weight is 582 g/mol. The van der Waals surface area contributed by atoms with Gasteiger partial charge in [0.2, 0.25) is 0 Å². The molecule has 0 bridgehead atoms. The molecule has 39 heavy (non-hydrogen) atoms. The number of allylic oxidation sites excluding steroid dienone is 4. The Morgan fingerprint density at radius 1 is 1.28 bits per heavy atom. The van der Waals surface area contributed by atoms with E-state index >= 15 is 0 Å². The molecule has 0 radical (unpaired) electrons. The molecule has 1 heterocycles. The summed E-state index contributed by atoms with van der Waals surface area (Å²) in [5.74, 6) is 0.703. The van der Waals surface area contributed by atoms with Crippen LogP contribution in [0, 0.1) is 6.92 Å². The van der Waals surface area contributed by atoms with Crippen LogP contribution in [0.15, 0.2) is 88.0 Å². The van der Waals surface area contributed by atoms with Crippen molar-refractivity contribution in [2.24, 2.45) is 4.99 Å². The zero-order valence-corrected chi connectivity index (χ0v) is 24.7. The number of aromatic nitrogens is 2. The topological polar surface area (TPSA) is 73.5 Å². The summed E-state index contributed by atoms with van der Waals surface area (Å²) >= 11 is 8.37. The van der Waals surface area contributed by atoms with Gasteiger partial charge in [-0.2, -0.15) is 0 Å². The Morgan fingerprint density at radius 3 is 2.69 bits per heavy atom. The number of imidazole rings is 1. The van der Waals surface area contributed by atoms with Crippen LogP contribution in [-0.2, 0) is 16.4 Å². The number of ether oxygens (including phenoxy) is 1. The van der Waals surface area contributed by atoms with E-state index in [0.717, 1.165) is 46.1 Å². The smallest absolute Gasteiger partial charge is 0.175 e. The van der Waals surface area contributed by atoms with Gasteiger partial charge in [-0.05, 0) is 92.9 Å². The molecule has 0 saturated carbocycles. The molecule has 0 saturated heterocycles. The number of aryl methyl sites for hydroxylation is 1. The molecular weight excluding hydrogens is 550 g/mol. The summed E-state index contributed by atoms with van der Waals surface area (Å²) < 4.78 is 31.8. The number of sulfone groups is 1. The van der Waals surface area contributed by atoms with E-state index in [4.69, 9.17) is 21.3 Å². The maximum absolute atomic E-state index is 11.8. The number of hydrogen-bond acceptors (Lipinski definition) is 6. The molecule has 2 aromatic carbocycles. The highest BCUT2D eigenvalue weighted by Gasteiger charge is 2.21. The lowest BCUT2D eigenvalue weighted by Gasteiger charge is -2.18. The van der Waals surface area contributed by atoms with Gasteiger partial charge in [-0.3, -0.25) is 9.56 Å². The number of hydrogen-bond donors (Lipinski definition) is 0. The van der Waals surface area contributed by atoms with E-state index in [0.29, 0.717) is 21.0 Å². The summed E-state index contributed by atoms with van der Waals surface area (Å²) in [7, 11) is -3.24. The predicted octanol–water partition coefficient (Wildman–Crippen LogP) is 7.77. The Bertz CT molecular complexity index is 1540. The second-order valence-corrected chi connectivity index (χ2v) is 13.0. The van der Waals surface area contributed by atoms with Crippen molar-refractivity contribution in [2.45, 2.75) is 55.0 Å². The van der Waals surface area contributed by atoms with Crippen molar-refractivity contribution in [1.82, 2.24) is 9.55 Å². The first-order valence-corrected chi connectivity index (χ1v) is 15.8. The summed E-state index contributed by atoms with van der Waals surface area (Å²) in [5, 5.41) is 1.59. The molecular formula is C30H32ClN3O3S2. The van der Waals surface area contributed by atoms with Crippen LogP contribution < -0.4 is 4.74 Å². The van der Waals surface area contributed by atoms with Gasteiger partial charge in [-0.1, -0.05) is 53.7 Å². The summed E-state index contributed by atoms with van der Waals surface area (Å²) in [5.41, 5.74) is 4.67. The Morgan fingerprint density at radius 2 is 2.05 bits per heavy atom. The summed E-state index contributed by atoms with van der Waals surface area (Å²) in [4.78, 5) is 8.78. The monoisotopic (exact) mass is 581 g/mol. The molecule has 0 spiro atoms. The standard InChI is InChI=1S/C30H32ClN3O3S2/c1-21-19-24(14-17-27(21)23-12-15-26(16-13-23)39(4,35)36)37-20-28-29(31)33-30(38-25-10-6-5-7-11-25)34(28)22(2)9-8-18-32-3/h6,8-10,12-19,25H,3,5,7,11,20H2,1-2,4H3/b18-8-,22-9+. The summed E-state index contributed by atoms with van der Waals surface area (Å²) in [6.07, 6.45) is 14.5. The first-order chi connectivity index (χ1) is 18.7. The van der Waals surface area contributed by atoms with Crippen LogP contribution in [0.4, 0.5) is 0 Å². The second-order valence-electron chi connectivity index (χ2n) is 9.38. The number of thioether (sulfide) groups is 1. The highest BCUT2D eigenvalue weighted by molar-refractivity contribution is 8.00. The van der Waals surface area contributed by atoms with E-state index in [1.54, 1.807) is 30.1 Å². The van der Waals surface area contributed by atoms with Crippen LogP contribution in [0.2, 0.25) is 5.15 Å². The van der Waals surface area contributed by atoms with E-state index in [1.807, 2.05) is 60.9 Å². The maximum Gasteiger partial charge on any atom is 0.175 e. The summed E-state index contributed by atoms with van der Waals surface area (Å²) in [6.45, 7) is 7.74. The van der Waals surface area contributed by atoms with Gasteiger partial charge in [-0.15, -0.1) is 0 Å². The SMILES string of the molecule is C=N/C=C\C=C(/C)n1c(SC2C=CCCC2)nc(Cl)c1COc1ccc(-c2ccc(S(C)(=O)=O)cc2)c(C)c1. The summed E-state index contributed by atoms with van der Waals surface area (Å²) in [6, 6.07) is 12.8. The van der Waals surface area contributed by atoms with Crippen molar-refractivity contribution >= 4 is 45.6 Å². The molecule has 1 aliphatic carbocycles. The van der Waals surface area contributed by atoms with Gasteiger partial charge in [0, 0.05) is 23.4 Å². The fourth-order valence-electron chi connectivity index (χ4n) is 4.39. The first-order valence-electron chi connectivity index (χ1n) is 12.6. The Balaban J connectivity index is 1.58. The van der Waals surface area contributed by atoms with Gasteiger partial charge in [0.1, 0.15) is 12.4 Å². The van der Waals surface area contributed by atoms with Crippen molar-refractivity contribution in [3.63, 3.8) is 0 Å². The van der Waals surface area contributed by atoms with Gasteiger partial charge < -0.3 is 4.74 Å². The van der Waals surface area contributed by atoms with Crippen LogP contribution in [-0.4, -0.2) is 36.2 Å². The highest BCUT2D eigenvalue weighted by atomic mass is 35.5. The number of benzene rings is 2. The van der Waals surface area contributed by atoms with Gasteiger partial charge in [0.05, 0.1) is 10.6 Å². The second kappa shape index (κ2) is 12.9. The van der Waals surface area contributed by atoms with E-state index in [9.17, 15) is 8.42 Å². The van der Waals surface area contributed by atoms with Crippen LogP contribution in [0.5, 0.6) is 5.75 Å². The normalized spacial score (nSPS) is 16.1. The van der Waals surface area contributed by atoms with Crippen molar-refractivity contribution in [3.8, 4) is 16.9 Å². The fourth-order valence-corrected chi connectivity index (χ4v) is 6.54. The van der Waals surface area contributed by atoms with Crippen molar-refractivity contribution < 1.29 is 13.2 Å². The van der Waals surface area contributed by atoms with E-state index in [2.05, 4.69) is 23.9 Å². The number of aliphatic imine (C=N–C) groups is 1. The zero-order valence-electron chi connectivity index (χ0n) is 22.3. The quantitative estimate of drug-likeness (QED) is 0.139. The molecule has 0 aliphatic heterocycles. The van der Waals surface area contributed by atoms with E-state index in [1.165, 1.54) is 12.7 Å². The van der Waals surface area contributed by atoms with E-state index in [-0.39, 0.29) is 6.61 Å². The Kier molecular flexibility index (Phi) is 9.53. The van der Waals surface area contributed by atoms with Crippen molar-refractivity contribution in [1.29, 1.82) is 0 Å². The van der Waals surface area contributed by atoms with Crippen LogP contribution in [0.1, 0.15) is 37.4 Å². The minimum Gasteiger partial charge on any atom is -0.487 e. The average Bonchev–Trinajstić information content (AvgIpc) is 3.22. The molecule has 0 fully saturated rings. The first kappa shape index (κ1) is 28.9. The predicted molar refractivity (Wildman–Crippen MR) is 163 cm³/mol. The molecule has 9 heteroatoms. The van der Waals surface area contributed by atoms with Crippen molar-refractivity contribution in [2.75, 3.05) is 6.26 Å². The maximum atomic E-state index is 11.8. The molecule has 6 nitrogen and oxygen atoms in total. The van der Waals surface area contributed by atoms with Crippen LogP contribution in [0.3, 0.4) is 0 Å². The van der Waals surface area contributed by atoms with Gasteiger partial charge >= 0.3 is 0 Å². The molecule has 0 amide bonds. The van der Waals surface area contributed by atoms with Gasteiger partial charge in [0.25, 0.3) is 0 Å². The molecule has 4 rings (SSSR count). The Hall–Kier alpha value is -3.07. The van der Waals surface area contributed by atoms with Crippen LogP contribution >= 0.6 is 23.4 Å². The molecule has 1 atom stereocenters. The molecule has 1 aliphatic rings. The zero-order chi connectivity index (χ0) is 28.0. The highest BCUT2D eigenvalue weighted by Crippen LogP contribution is 2.35. The lowest BCUT2D eigenvalue weighted by molar-refractivity contribution is 0.298. The van der Waals surface area contributed by atoms with Crippen molar-refractivity contribution in [3.05, 3.63) is 89.4 Å². The third-order valence-electron chi connectivity index (χ3n) is 6.41. The molecule has 1 unspecified atom stereocenters. The fraction of sp³-hybridized carbons (Fsp3) is 0.267. The lowest BCUT2D eigenvalue weighted by atomic mass is 10.0.